The first-order chi connectivity index (χ1) is 3.46. The Balaban J connectivity index is -0.0000000171. The molecule has 9 heteroatoms. The molecule has 0 atom stereocenters. The topological polar surface area (TPSA) is 124 Å². The maximum absolute atomic E-state index is 8.44. The van der Waals surface area contributed by atoms with Gasteiger partial charge in [-0.1, -0.05) is 0 Å². The fourth-order valence-electron chi connectivity index (χ4n) is 0. The minimum Gasteiger partial charge on any atom is -0.652 e. The van der Waals surface area contributed by atoms with Gasteiger partial charge in [0.25, 0.3) is 0 Å². The first kappa shape index (κ1) is 29.2. The molecule has 6 nitrogen and oxygen atoms in total. The van der Waals surface area contributed by atoms with Crippen LogP contribution in [-0.4, -0.2) is 17.4 Å². The number of rotatable bonds is 0. The van der Waals surface area contributed by atoms with Crippen molar-refractivity contribution >= 4 is 12.3 Å². The van der Waals surface area contributed by atoms with Crippen LogP contribution in [-0.2, 0) is 0 Å². The predicted octanol–water partition coefficient (Wildman–Crippen LogP) is -12.5. The monoisotopic (exact) mass is 206 g/mol. The fraction of sp³-hybridized carbons (Fsp3) is 0. The molecule has 0 aromatic rings. The van der Waals surface area contributed by atoms with Crippen molar-refractivity contribution in [3.8, 4) is 0 Å². The van der Waals surface area contributed by atoms with E-state index >= 15 is 0 Å². The Labute approximate surface area is 160 Å². The summed E-state index contributed by atoms with van der Waals surface area (Å²) in [5, 5.41) is 32.0. The van der Waals surface area contributed by atoms with Crippen LogP contribution in [0.4, 0.5) is 9.59 Å². The van der Waals surface area contributed by atoms with Crippen LogP contribution in [0.1, 0.15) is 0 Å². The molecule has 0 rings (SSSR count). The summed E-state index contributed by atoms with van der Waals surface area (Å²) >= 11 is 0. The average molecular weight is 206 g/mol. The minimum atomic E-state index is -2.33. The number of hydrogen-bond acceptors (Lipinski definition) is 5. The molecule has 0 radical (unpaired) electrons. The van der Waals surface area contributed by atoms with Crippen LogP contribution in [0.2, 0.25) is 0 Å². The SMILES string of the molecule is O=C([O-])O.O=C([O-])[O-].[K+].[K+].[Li+]. The number of carbonyl (C=O) groups is 2. The van der Waals surface area contributed by atoms with Crippen LogP contribution in [0.5, 0.6) is 0 Å². The maximum Gasteiger partial charge on any atom is 1.00 e. The molecule has 0 aliphatic heterocycles. The summed E-state index contributed by atoms with van der Waals surface area (Å²) < 4.78 is 0. The number of carbonyl (C=O) groups excluding carboxylic acids is 1. The first-order valence-electron chi connectivity index (χ1n) is 1.24. The third-order valence-corrected chi connectivity index (χ3v) is 0. The van der Waals surface area contributed by atoms with E-state index in [-0.39, 0.29) is 122 Å². The zero-order valence-electron chi connectivity index (χ0n) is 6.49. The molecule has 0 amide bonds. The Morgan fingerprint density at radius 2 is 1.00 bits per heavy atom. The summed E-state index contributed by atoms with van der Waals surface area (Å²) in [5.41, 5.74) is 0. The Morgan fingerprint density at radius 3 is 1.00 bits per heavy atom. The Bertz CT molecular complexity index is 76.6. The standard InChI is InChI=1S/2CH2O3.2K.Li/c2*2-1(3)4;;;/h2*(H2,2,3,4);;;/q;;3*+1/p-3. The molecule has 0 saturated heterocycles. The Hall–Kier alpha value is 2.41. The summed E-state index contributed by atoms with van der Waals surface area (Å²) in [7, 11) is 0. The van der Waals surface area contributed by atoms with E-state index in [9.17, 15) is 0 Å². The number of carboxylic acid groups (broad SMARTS) is 4. The fourth-order valence-corrected chi connectivity index (χ4v) is 0. The van der Waals surface area contributed by atoms with Gasteiger partial charge in [-0.15, -0.1) is 0 Å². The quantitative estimate of drug-likeness (QED) is 0.392. The number of hydrogen-bond donors (Lipinski definition) is 1. The van der Waals surface area contributed by atoms with Crippen molar-refractivity contribution in [3.63, 3.8) is 0 Å². The largest absolute Gasteiger partial charge is 1.00 e. The van der Waals surface area contributed by atoms with Gasteiger partial charge in [-0.05, 0) is 6.16 Å². The molecular weight excluding hydrogens is 205 g/mol. The van der Waals surface area contributed by atoms with E-state index in [0.29, 0.717) is 0 Å². The van der Waals surface area contributed by atoms with E-state index < -0.39 is 12.3 Å². The van der Waals surface area contributed by atoms with Crippen molar-refractivity contribution in [2.45, 2.75) is 0 Å². The van der Waals surface area contributed by atoms with Gasteiger partial charge >= 0.3 is 122 Å². The predicted molar refractivity (Wildman–Crippen MR) is 13.4 cm³/mol. The second-order valence-corrected chi connectivity index (χ2v) is 0.516. The molecule has 0 fully saturated rings. The summed E-state index contributed by atoms with van der Waals surface area (Å²) in [4.78, 5) is 16.8. The molecule has 11 heavy (non-hydrogen) atoms. The zero-order chi connectivity index (χ0) is 7.15. The summed E-state index contributed by atoms with van der Waals surface area (Å²) in [6.07, 6.45) is -4.42. The van der Waals surface area contributed by atoms with Crippen molar-refractivity contribution in [1.29, 1.82) is 0 Å². The van der Waals surface area contributed by atoms with Crippen LogP contribution in [0, 0.1) is 0 Å². The van der Waals surface area contributed by atoms with Crippen molar-refractivity contribution in [1.82, 2.24) is 0 Å². The van der Waals surface area contributed by atoms with E-state index in [1.807, 2.05) is 0 Å². The molecule has 1 N–H and O–H groups in total. The Kier molecular flexibility index (Phi) is 60.6. The normalized spacial score (nSPS) is 4.36. The molecule has 0 aromatic carbocycles. The van der Waals surface area contributed by atoms with E-state index in [1.54, 1.807) is 0 Å². The van der Waals surface area contributed by atoms with Crippen LogP contribution in [0.25, 0.3) is 0 Å². The Morgan fingerprint density at radius 1 is 1.00 bits per heavy atom. The third kappa shape index (κ3) is 232. The van der Waals surface area contributed by atoms with Crippen LogP contribution in [0.3, 0.4) is 0 Å². The van der Waals surface area contributed by atoms with Gasteiger partial charge < -0.3 is 30.0 Å². The van der Waals surface area contributed by atoms with Gasteiger partial charge in [-0.2, -0.15) is 0 Å². The first-order valence-corrected chi connectivity index (χ1v) is 1.24. The van der Waals surface area contributed by atoms with Crippen molar-refractivity contribution in [2.24, 2.45) is 0 Å². The van der Waals surface area contributed by atoms with Gasteiger partial charge in [-0.3, -0.25) is 0 Å². The smallest absolute Gasteiger partial charge is 0.652 e. The molecule has 0 heterocycles. The van der Waals surface area contributed by atoms with Crippen LogP contribution >= 0.6 is 0 Å². The summed E-state index contributed by atoms with van der Waals surface area (Å²) in [6.45, 7) is 0. The second kappa shape index (κ2) is 22.8. The van der Waals surface area contributed by atoms with Gasteiger partial charge in [0.1, 0.15) is 0 Å². The van der Waals surface area contributed by atoms with Gasteiger partial charge in [-0.25, -0.2) is 0 Å². The molecule has 0 aliphatic rings. The molecular formula is C2HK2LiO6. The maximum atomic E-state index is 8.44. The molecule has 0 bridgehead atoms. The van der Waals surface area contributed by atoms with E-state index in [1.165, 1.54) is 0 Å². The third-order valence-electron chi connectivity index (χ3n) is 0. The van der Waals surface area contributed by atoms with Crippen LogP contribution in [0.15, 0.2) is 0 Å². The molecule has 0 unspecified atom stereocenters. The minimum absolute atomic E-state index is 0. The van der Waals surface area contributed by atoms with E-state index in [2.05, 4.69) is 0 Å². The van der Waals surface area contributed by atoms with Gasteiger partial charge in [0.05, 0.1) is 0 Å². The summed E-state index contributed by atoms with van der Waals surface area (Å²) in [6, 6.07) is 0. The van der Waals surface area contributed by atoms with Gasteiger partial charge in [0.2, 0.25) is 6.16 Å². The van der Waals surface area contributed by atoms with Crippen LogP contribution < -0.4 is 137 Å². The summed E-state index contributed by atoms with van der Waals surface area (Å²) in [5.74, 6) is 0. The molecule has 0 aliphatic carbocycles. The molecule has 0 spiro atoms. The van der Waals surface area contributed by atoms with Gasteiger partial charge in [0, 0.05) is 0 Å². The van der Waals surface area contributed by atoms with E-state index in [0.717, 1.165) is 0 Å². The van der Waals surface area contributed by atoms with E-state index in [4.69, 9.17) is 30.0 Å². The van der Waals surface area contributed by atoms with Crippen molar-refractivity contribution < 1.29 is 152 Å². The second-order valence-electron chi connectivity index (χ2n) is 0.516. The molecule has 48 valence electrons. The average Bonchev–Trinajstić information content (AvgIpc) is 1.25. The van der Waals surface area contributed by atoms with Crippen molar-refractivity contribution in [3.05, 3.63) is 0 Å². The van der Waals surface area contributed by atoms with Crippen molar-refractivity contribution in [2.75, 3.05) is 0 Å². The zero-order valence-corrected chi connectivity index (χ0v) is 12.7. The molecule has 0 saturated carbocycles. The molecule has 0 aromatic heterocycles. The van der Waals surface area contributed by atoms with Gasteiger partial charge in [0.15, 0.2) is 0 Å².